The van der Waals surface area contributed by atoms with E-state index in [4.69, 9.17) is 28.9 Å². The summed E-state index contributed by atoms with van der Waals surface area (Å²) >= 11 is 11.8. The summed E-state index contributed by atoms with van der Waals surface area (Å²) in [5.74, 6) is -0.602. The second-order valence-corrected chi connectivity index (χ2v) is 8.36. The molecule has 2 rings (SSSR count). The largest absolute Gasteiger partial charge is 0.369 e. The molecule has 5 nitrogen and oxygen atoms in total. The van der Waals surface area contributed by atoms with Crippen LogP contribution in [-0.4, -0.2) is 44.6 Å². The molecule has 1 heterocycles. The minimum absolute atomic E-state index is 0.0464. The van der Waals surface area contributed by atoms with Gasteiger partial charge in [0.2, 0.25) is 5.91 Å². The summed E-state index contributed by atoms with van der Waals surface area (Å²) in [6.45, 7) is 1.62. The Morgan fingerprint density at radius 2 is 2.09 bits per heavy atom. The molecule has 0 spiro atoms. The van der Waals surface area contributed by atoms with Crippen molar-refractivity contribution in [3.8, 4) is 0 Å². The standard InChI is InChI=1S/C14H18Cl2N2O3S/c15-11-3-4-12(16)13(8-11)22(20,21)7-6-18-5-1-2-10(9-18)14(17)19/h3-4,8,10H,1-2,5-7,9H2,(H2,17,19)/t10-/m0/s1. The van der Waals surface area contributed by atoms with Crippen molar-refractivity contribution in [3.05, 3.63) is 28.2 Å². The number of likely N-dealkylation sites (tertiary alicyclic amines) is 1. The third-order valence-electron chi connectivity index (χ3n) is 3.81. The maximum Gasteiger partial charge on any atom is 0.221 e. The summed E-state index contributed by atoms with van der Waals surface area (Å²) in [7, 11) is -3.52. The van der Waals surface area contributed by atoms with Gasteiger partial charge in [0, 0.05) is 18.1 Å². The van der Waals surface area contributed by atoms with E-state index in [1.807, 2.05) is 4.90 Å². The fourth-order valence-electron chi connectivity index (χ4n) is 2.57. The van der Waals surface area contributed by atoms with E-state index >= 15 is 0 Å². The van der Waals surface area contributed by atoms with E-state index < -0.39 is 9.84 Å². The molecule has 1 aliphatic rings. The number of carbonyl (C=O) groups excluding carboxylic acids is 1. The molecule has 1 aromatic carbocycles. The van der Waals surface area contributed by atoms with Gasteiger partial charge in [0.15, 0.2) is 9.84 Å². The van der Waals surface area contributed by atoms with Crippen LogP contribution in [0.2, 0.25) is 10.0 Å². The minimum Gasteiger partial charge on any atom is -0.369 e. The maximum absolute atomic E-state index is 12.4. The molecule has 0 radical (unpaired) electrons. The molecule has 1 aromatic rings. The van der Waals surface area contributed by atoms with E-state index in [2.05, 4.69) is 0 Å². The summed E-state index contributed by atoms with van der Waals surface area (Å²) in [4.78, 5) is 13.2. The third kappa shape index (κ3) is 4.35. The molecule has 1 saturated heterocycles. The predicted octanol–water partition coefficient (Wildman–Crippen LogP) is 1.96. The van der Waals surface area contributed by atoms with Gasteiger partial charge in [-0.2, -0.15) is 0 Å². The zero-order valence-electron chi connectivity index (χ0n) is 12.0. The monoisotopic (exact) mass is 364 g/mol. The molecular weight excluding hydrogens is 347 g/mol. The first-order valence-electron chi connectivity index (χ1n) is 6.99. The normalized spacial score (nSPS) is 20.0. The van der Waals surface area contributed by atoms with Crippen molar-refractivity contribution in [2.75, 3.05) is 25.4 Å². The number of hydrogen-bond acceptors (Lipinski definition) is 4. The van der Waals surface area contributed by atoms with E-state index in [1.54, 1.807) is 6.07 Å². The number of halogens is 2. The van der Waals surface area contributed by atoms with E-state index in [0.29, 0.717) is 18.1 Å². The molecule has 0 aliphatic carbocycles. The van der Waals surface area contributed by atoms with Crippen LogP contribution >= 0.6 is 23.2 Å². The lowest BCUT2D eigenvalue weighted by molar-refractivity contribution is -0.123. The highest BCUT2D eigenvalue weighted by Gasteiger charge is 2.26. The Balaban J connectivity index is 2.03. The average molecular weight is 365 g/mol. The number of piperidine rings is 1. The van der Waals surface area contributed by atoms with Crippen molar-refractivity contribution in [1.29, 1.82) is 0 Å². The van der Waals surface area contributed by atoms with Crippen LogP contribution in [0.1, 0.15) is 12.8 Å². The van der Waals surface area contributed by atoms with E-state index in [-0.39, 0.29) is 27.5 Å². The number of nitrogens with zero attached hydrogens (tertiary/aromatic N) is 1. The molecule has 122 valence electrons. The van der Waals surface area contributed by atoms with Gasteiger partial charge in [0.25, 0.3) is 0 Å². The van der Waals surface area contributed by atoms with Crippen molar-refractivity contribution in [3.63, 3.8) is 0 Å². The minimum atomic E-state index is -3.52. The number of carbonyl (C=O) groups is 1. The van der Waals surface area contributed by atoms with Gasteiger partial charge >= 0.3 is 0 Å². The average Bonchev–Trinajstić information content (AvgIpc) is 2.48. The highest BCUT2D eigenvalue weighted by atomic mass is 35.5. The first-order chi connectivity index (χ1) is 10.3. The summed E-state index contributed by atoms with van der Waals surface area (Å²) in [6.07, 6.45) is 1.60. The molecule has 1 aliphatic heterocycles. The number of hydrogen-bond donors (Lipinski definition) is 1. The Labute approximate surface area is 140 Å². The summed E-state index contributed by atoms with van der Waals surface area (Å²) in [6, 6.07) is 4.38. The zero-order valence-corrected chi connectivity index (χ0v) is 14.3. The van der Waals surface area contributed by atoms with Gasteiger partial charge in [-0.25, -0.2) is 8.42 Å². The van der Waals surface area contributed by atoms with Crippen molar-refractivity contribution in [2.24, 2.45) is 11.7 Å². The van der Waals surface area contributed by atoms with Crippen LogP contribution in [0.3, 0.4) is 0 Å². The maximum atomic E-state index is 12.4. The summed E-state index contributed by atoms with van der Waals surface area (Å²) in [5, 5.41) is 0.493. The SMILES string of the molecule is NC(=O)[C@H]1CCCN(CCS(=O)(=O)c2cc(Cl)ccc2Cl)C1. The Morgan fingerprint density at radius 1 is 1.36 bits per heavy atom. The van der Waals surface area contributed by atoms with Gasteiger partial charge in [0.1, 0.15) is 0 Å². The number of primary amides is 1. The molecule has 1 atom stereocenters. The highest BCUT2D eigenvalue weighted by molar-refractivity contribution is 7.91. The number of amides is 1. The summed E-state index contributed by atoms with van der Waals surface area (Å²) < 4.78 is 24.8. The first-order valence-corrected chi connectivity index (χ1v) is 9.40. The highest BCUT2D eigenvalue weighted by Crippen LogP contribution is 2.26. The lowest BCUT2D eigenvalue weighted by Gasteiger charge is -2.30. The van der Waals surface area contributed by atoms with Gasteiger partial charge in [-0.3, -0.25) is 4.79 Å². The quantitative estimate of drug-likeness (QED) is 0.865. The number of nitrogens with two attached hydrogens (primary N) is 1. The van der Waals surface area contributed by atoms with Crippen molar-refractivity contribution < 1.29 is 13.2 Å². The third-order valence-corrected chi connectivity index (χ3v) is 6.22. The molecule has 0 aromatic heterocycles. The molecule has 22 heavy (non-hydrogen) atoms. The Morgan fingerprint density at radius 3 is 2.77 bits per heavy atom. The molecule has 0 saturated carbocycles. The number of benzene rings is 1. The predicted molar refractivity (Wildman–Crippen MR) is 86.9 cm³/mol. The second kappa shape index (κ2) is 7.17. The van der Waals surface area contributed by atoms with Gasteiger partial charge in [-0.1, -0.05) is 23.2 Å². The molecule has 0 unspecified atom stereocenters. The second-order valence-electron chi connectivity index (χ2n) is 5.44. The molecule has 1 fully saturated rings. The van der Waals surface area contributed by atoms with E-state index in [9.17, 15) is 13.2 Å². The van der Waals surface area contributed by atoms with Gasteiger partial charge in [-0.15, -0.1) is 0 Å². The van der Waals surface area contributed by atoms with E-state index in [1.165, 1.54) is 12.1 Å². The van der Waals surface area contributed by atoms with Crippen LogP contribution in [0.4, 0.5) is 0 Å². The fraction of sp³-hybridized carbons (Fsp3) is 0.500. The molecular formula is C14H18Cl2N2O3S. The first kappa shape index (κ1) is 17.5. The lowest BCUT2D eigenvalue weighted by atomic mass is 9.98. The van der Waals surface area contributed by atoms with Crippen LogP contribution in [0.25, 0.3) is 0 Å². The number of sulfone groups is 1. The van der Waals surface area contributed by atoms with Crippen LogP contribution in [0.5, 0.6) is 0 Å². The Hall–Kier alpha value is -0.820. The van der Waals surface area contributed by atoms with Crippen LogP contribution < -0.4 is 5.73 Å². The van der Waals surface area contributed by atoms with Crippen molar-refractivity contribution in [2.45, 2.75) is 17.7 Å². The van der Waals surface area contributed by atoms with Crippen LogP contribution in [0, 0.1) is 5.92 Å². The summed E-state index contributed by atoms with van der Waals surface area (Å²) in [5.41, 5.74) is 5.32. The van der Waals surface area contributed by atoms with Crippen molar-refractivity contribution >= 4 is 38.9 Å². The molecule has 1 amide bonds. The van der Waals surface area contributed by atoms with Crippen LogP contribution in [0.15, 0.2) is 23.1 Å². The number of rotatable bonds is 5. The zero-order chi connectivity index (χ0) is 16.3. The smallest absolute Gasteiger partial charge is 0.221 e. The van der Waals surface area contributed by atoms with Crippen LogP contribution in [-0.2, 0) is 14.6 Å². The van der Waals surface area contributed by atoms with Crippen molar-refractivity contribution in [1.82, 2.24) is 4.90 Å². The lowest BCUT2D eigenvalue weighted by Crippen LogP contribution is -2.42. The molecule has 8 heteroatoms. The van der Waals surface area contributed by atoms with Gasteiger partial charge < -0.3 is 10.6 Å². The van der Waals surface area contributed by atoms with Gasteiger partial charge in [-0.05, 0) is 37.6 Å². The topological polar surface area (TPSA) is 80.5 Å². The van der Waals surface area contributed by atoms with E-state index in [0.717, 1.165) is 19.4 Å². The Kier molecular flexibility index (Phi) is 5.71. The molecule has 2 N–H and O–H groups in total. The molecule has 0 bridgehead atoms. The van der Waals surface area contributed by atoms with Gasteiger partial charge in [0.05, 0.1) is 21.6 Å². The fourth-order valence-corrected chi connectivity index (χ4v) is 4.66. The Bertz CT molecular complexity index is 664.